The van der Waals surface area contributed by atoms with E-state index < -0.39 is 0 Å². The second-order valence-electron chi connectivity index (χ2n) is 3.63. The van der Waals surface area contributed by atoms with E-state index in [2.05, 4.69) is 47.1 Å². The van der Waals surface area contributed by atoms with E-state index in [-0.39, 0.29) is 6.10 Å². The highest BCUT2D eigenvalue weighted by atomic mass is 79.9. The predicted octanol–water partition coefficient (Wildman–Crippen LogP) is 3.47. The lowest BCUT2D eigenvalue weighted by Crippen LogP contribution is -2.22. The summed E-state index contributed by atoms with van der Waals surface area (Å²) in [6.45, 7) is 2.83. The summed E-state index contributed by atoms with van der Waals surface area (Å²) in [5, 5.41) is 0. The van der Waals surface area contributed by atoms with Gasteiger partial charge in [-0.05, 0) is 30.9 Å². The Hall–Kier alpha value is -0.340. The molecule has 0 bridgehead atoms. The van der Waals surface area contributed by atoms with Gasteiger partial charge in [-0.25, -0.2) is 0 Å². The Morgan fingerprint density at radius 2 is 2.21 bits per heavy atom. The number of hydrogen-bond acceptors (Lipinski definition) is 1. The third kappa shape index (κ3) is 1.86. The van der Waals surface area contributed by atoms with Crippen molar-refractivity contribution in [3.63, 3.8) is 0 Å². The fraction of sp³-hybridized carbons (Fsp3) is 0.500. The molecular formula is C12H15BrO. The molecule has 0 saturated carbocycles. The zero-order valence-corrected chi connectivity index (χ0v) is 9.96. The van der Waals surface area contributed by atoms with E-state index in [0.29, 0.717) is 4.83 Å². The van der Waals surface area contributed by atoms with E-state index in [4.69, 9.17) is 4.74 Å². The molecule has 0 aliphatic heterocycles. The van der Waals surface area contributed by atoms with Crippen LogP contribution < -0.4 is 0 Å². The van der Waals surface area contributed by atoms with Gasteiger partial charge >= 0.3 is 0 Å². The molecule has 0 N–H and O–H groups in total. The molecule has 2 heteroatoms. The molecule has 2 atom stereocenters. The molecule has 0 spiro atoms. The molecule has 1 aromatic carbocycles. The number of fused-ring (bicyclic) bond motifs is 1. The van der Waals surface area contributed by atoms with Crippen molar-refractivity contribution in [1.29, 1.82) is 0 Å². The Morgan fingerprint density at radius 3 is 3.00 bits per heavy atom. The SMILES string of the molecule is CCOC1c2ccccc2CCC1Br. The molecule has 0 aromatic heterocycles. The number of hydrogen-bond donors (Lipinski definition) is 0. The van der Waals surface area contributed by atoms with Crippen LogP contribution in [0.25, 0.3) is 0 Å². The van der Waals surface area contributed by atoms with Crippen LogP contribution in [0.1, 0.15) is 30.6 Å². The molecule has 0 heterocycles. The topological polar surface area (TPSA) is 9.23 Å². The normalized spacial score (nSPS) is 25.9. The van der Waals surface area contributed by atoms with Crippen molar-refractivity contribution in [2.75, 3.05) is 6.61 Å². The Kier molecular flexibility index (Phi) is 3.24. The minimum atomic E-state index is 0.241. The summed E-state index contributed by atoms with van der Waals surface area (Å²) < 4.78 is 5.77. The third-order valence-electron chi connectivity index (χ3n) is 2.73. The van der Waals surface area contributed by atoms with Crippen LogP contribution >= 0.6 is 15.9 Å². The summed E-state index contributed by atoms with van der Waals surface area (Å²) in [5.41, 5.74) is 2.81. The number of aryl methyl sites for hydroxylation is 1. The maximum absolute atomic E-state index is 5.77. The number of alkyl halides is 1. The van der Waals surface area contributed by atoms with Crippen LogP contribution in [-0.4, -0.2) is 11.4 Å². The van der Waals surface area contributed by atoms with Gasteiger partial charge in [0.2, 0.25) is 0 Å². The molecule has 0 radical (unpaired) electrons. The number of rotatable bonds is 2. The van der Waals surface area contributed by atoms with Gasteiger partial charge in [0.1, 0.15) is 0 Å². The van der Waals surface area contributed by atoms with Gasteiger partial charge < -0.3 is 4.74 Å². The van der Waals surface area contributed by atoms with E-state index in [0.717, 1.165) is 13.0 Å². The van der Waals surface area contributed by atoms with Gasteiger partial charge in [0.15, 0.2) is 0 Å². The van der Waals surface area contributed by atoms with Gasteiger partial charge in [-0.1, -0.05) is 40.2 Å². The fourth-order valence-corrected chi connectivity index (χ4v) is 2.72. The second-order valence-corrected chi connectivity index (χ2v) is 4.81. The highest BCUT2D eigenvalue weighted by molar-refractivity contribution is 9.09. The van der Waals surface area contributed by atoms with Crippen LogP contribution in [0.2, 0.25) is 0 Å². The zero-order chi connectivity index (χ0) is 9.97. The Balaban J connectivity index is 2.31. The van der Waals surface area contributed by atoms with Gasteiger partial charge in [0.05, 0.1) is 6.10 Å². The molecule has 14 heavy (non-hydrogen) atoms. The lowest BCUT2D eigenvalue weighted by Gasteiger charge is -2.29. The highest BCUT2D eigenvalue weighted by Crippen LogP contribution is 2.36. The van der Waals surface area contributed by atoms with E-state index in [9.17, 15) is 0 Å². The minimum absolute atomic E-state index is 0.241. The summed E-state index contributed by atoms with van der Waals surface area (Å²) in [7, 11) is 0. The zero-order valence-electron chi connectivity index (χ0n) is 8.37. The minimum Gasteiger partial charge on any atom is -0.373 e. The fourth-order valence-electron chi connectivity index (χ4n) is 2.05. The first-order chi connectivity index (χ1) is 6.83. The Bertz CT molecular complexity index is 311. The van der Waals surface area contributed by atoms with Gasteiger partial charge in [0, 0.05) is 11.4 Å². The average molecular weight is 255 g/mol. The van der Waals surface area contributed by atoms with E-state index >= 15 is 0 Å². The molecule has 1 aliphatic rings. The van der Waals surface area contributed by atoms with Crippen LogP contribution in [0.4, 0.5) is 0 Å². The standard InChI is InChI=1S/C12H15BrO/c1-2-14-12-10-6-4-3-5-9(10)7-8-11(12)13/h3-6,11-12H,2,7-8H2,1H3. The molecule has 0 amide bonds. The summed E-state index contributed by atoms with van der Waals surface area (Å²) in [6.07, 6.45) is 2.57. The van der Waals surface area contributed by atoms with Gasteiger partial charge in [0.25, 0.3) is 0 Å². The van der Waals surface area contributed by atoms with E-state index in [1.54, 1.807) is 0 Å². The molecule has 2 rings (SSSR count). The monoisotopic (exact) mass is 254 g/mol. The van der Waals surface area contributed by atoms with Crippen molar-refractivity contribution < 1.29 is 4.74 Å². The van der Waals surface area contributed by atoms with Crippen LogP contribution in [0.3, 0.4) is 0 Å². The first-order valence-electron chi connectivity index (χ1n) is 5.16. The molecule has 0 saturated heterocycles. The van der Waals surface area contributed by atoms with Crippen LogP contribution in [0, 0.1) is 0 Å². The third-order valence-corrected chi connectivity index (χ3v) is 3.66. The number of halogens is 1. The predicted molar refractivity (Wildman–Crippen MR) is 61.8 cm³/mol. The van der Waals surface area contributed by atoms with Crippen LogP contribution in [0.5, 0.6) is 0 Å². The van der Waals surface area contributed by atoms with Crippen molar-refractivity contribution in [2.45, 2.75) is 30.7 Å². The number of ether oxygens (including phenoxy) is 1. The first-order valence-corrected chi connectivity index (χ1v) is 6.08. The second kappa shape index (κ2) is 4.45. The summed E-state index contributed by atoms with van der Waals surface area (Å²) in [4.78, 5) is 0.470. The number of benzene rings is 1. The van der Waals surface area contributed by atoms with Crippen molar-refractivity contribution >= 4 is 15.9 Å². The molecule has 1 aliphatic carbocycles. The summed E-state index contributed by atoms with van der Waals surface area (Å²) in [5.74, 6) is 0. The van der Waals surface area contributed by atoms with Gasteiger partial charge in [-0.2, -0.15) is 0 Å². The largest absolute Gasteiger partial charge is 0.373 e. The van der Waals surface area contributed by atoms with E-state index in [1.165, 1.54) is 17.5 Å². The summed E-state index contributed by atoms with van der Waals surface area (Å²) in [6, 6.07) is 8.59. The lowest BCUT2D eigenvalue weighted by atomic mass is 9.89. The van der Waals surface area contributed by atoms with Gasteiger partial charge in [-0.3, -0.25) is 0 Å². The maximum Gasteiger partial charge on any atom is 0.0952 e. The molecule has 76 valence electrons. The van der Waals surface area contributed by atoms with Crippen molar-refractivity contribution in [3.05, 3.63) is 35.4 Å². The molecule has 0 fully saturated rings. The smallest absolute Gasteiger partial charge is 0.0952 e. The summed E-state index contributed by atoms with van der Waals surface area (Å²) >= 11 is 3.70. The van der Waals surface area contributed by atoms with Crippen LogP contribution in [-0.2, 0) is 11.2 Å². The van der Waals surface area contributed by atoms with Crippen molar-refractivity contribution in [2.24, 2.45) is 0 Å². The van der Waals surface area contributed by atoms with Gasteiger partial charge in [-0.15, -0.1) is 0 Å². The molecular weight excluding hydrogens is 240 g/mol. The first kappa shape index (κ1) is 10.2. The highest BCUT2D eigenvalue weighted by Gasteiger charge is 2.27. The Labute approximate surface area is 93.6 Å². The van der Waals surface area contributed by atoms with E-state index in [1.807, 2.05) is 0 Å². The average Bonchev–Trinajstić information content (AvgIpc) is 2.23. The Morgan fingerprint density at radius 1 is 1.43 bits per heavy atom. The quantitative estimate of drug-likeness (QED) is 0.735. The van der Waals surface area contributed by atoms with Crippen LogP contribution in [0.15, 0.2) is 24.3 Å². The van der Waals surface area contributed by atoms with Crippen molar-refractivity contribution in [3.8, 4) is 0 Å². The molecule has 1 aromatic rings. The molecule has 2 unspecified atom stereocenters. The lowest BCUT2D eigenvalue weighted by molar-refractivity contribution is 0.0560. The maximum atomic E-state index is 5.77. The van der Waals surface area contributed by atoms with Crippen molar-refractivity contribution in [1.82, 2.24) is 0 Å². The molecule has 1 nitrogen and oxygen atoms in total.